The zero-order valence-corrected chi connectivity index (χ0v) is 12.7. The first-order valence-corrected chi connectivity index (χ1v) is 7.58. The van der Waals surface area contributed by atoms with E-state index in [4.69, 9.17) is 0 Å². The van der Waals surface area contributed by atoms with E-state index in [0.29, 0.717) is 5.78 Å². The van der Waals surface area contributed by atoms with Crippen molar-refractivity contribution < 1.29 is 0 Å². The predicted octanol–water partition coefficient (Wildman–Crippen LogP) is 1.53. The minimum Gasteiger partial charge on any atom is -0.360 e. The molecule has 0 aromatic carbocycles. The number of hydrogen-bond donors (Lipinski definition) is 1. The second-order valence-electron chi connectivity index (χ2n) is 5.70. The minimum atomic E-state index is 0.0357. The van der Waals surface area contributed by atoms with Gasteiger partial charge in [0, 0.05) is 24.7 Å². The third-order valence-electron chi connectivity index (χ3n) is 4.02. The van der Waals surface area contributed by atoms with Crippen molar-refractivity contribution >= 4 is 11.6 Å². The van der Waals surface area contributed by atoms with Crippen LogP contribution in [0.15, 0.2) is 12.4 Å². The van der Waals surface area contributed by atoms with Gasteiger partial charge in [-0.2, -0.15) is 14.6 Å². The molecule has 3 aromatic rings. The van der Waals surface area contributed by atoms with E-state index in [1.807, 2.05) is 13.0 Å². The molecule has 0 aliphatic carbocycles. The lowest BCUT2D eigenvalue weighted by Gasteiger charge is -2.19. The zero-order chi connectivity index (χ0) is 15.1. The summed E-state index contributed by atoms with van der Waals surface area (Å²) in [6.07, 6.45) is 4.91. The summed E-state index contributed by atoms with van der Waals surface area (Å²) >= 11 is 0. The van der Waals surface area contributed by atoms with Crippen LogP contribution in [0.3, 0.4) is 0 Å². The second kappa shape index (κ2) is 5.04. The highest BCUT2D eigenvalue weighted by Crippen LogP contribution is 2.22. The molecule has 1 aliphatic rings. The minimum absolute atomic E-state index is 0.0357. The van der Waals surface area contributed by atoms with E-state index < -0.39 is 0 Å². The normalized spacial score (nSPS) is 15.7. The van der Waals surface area contributed by atoms with Gasteiger partial charge in [-0.05, 0) is 26.7 Å². The molecular formula is C14H18N8. The highest BCUT2D eigenvalue weighted by Gasteiger charge is 2.20. The molecule has 1 atom stereocenters. The van der Waals surface area contributed by atoms with E-state index in [2.05, 4.69) is 42.1 Å². The molecule has 0 radical (unpaired) electrons. The Kier molecular flexibility index (Phi) is 3.02. The van der Waals surface area contributed by atoms with Gasteiger partial charge in [0.05, 0.1) is 6.04 Å². The Hall–Kier alpha value is -2.51. The molecule has 3 aromatic heterocycles. The average Bonchev–Trinajstić information content (AvgIpc) is 3.12. The van der Waals surface area contributed by atoms with E-state index >= 15 is 0 Å². The molecule has 0 spiro atoms. The van der Waals surface area contributed by atoms with Gasteiger partial charge in [0.2, 0.25) is 0 Å². The lowest BCUT2D eigenvalue weighted by atomic mass is 10.1. The van der Waals surface area contributed by atoms with Crippen molar-refractivity contribution in [3.05, 3.63) is 29.7 Å². The molecule has 0 bridgehead atoms. The van der Waals surface area contributed by atoms with Crippen LogP contribution in [0.4, 0.5) is 5.82 Å². The van der Waals surface area contributed by atoms with Gasteiger partial charge in [0.25, 0.3) is 5.78 Å². The fourth-order valence-corrected chi connectivity index (χ4v) is 2.97. The number of anilines is 1. The summed E-state index contributed by atoms with van der Waals surface area (Å²) in [5.41, 5.74) is 0.901. The van der Waals surface area contributed by atoms with Crippen molar-refractivity contribution in [1.29, 1.82) is 0 Å². The second-order valence-corrected chi connectivity index (χ2v) is 5.70. The van der Waals surface area contributed by atoms with Gasteiger partial charge >= 0.3 is 0 Å². The van der Waals surface area contributed by atoms with Gasteiger partial charge in [-0.25, -0.2) is 4.98 Å². The van der Waals surface area contributed by atoms with Crippen LogP contribution < -0.4 is 5.32 Å². The van der Waals surface area contributed by atoms with Crippen LogP contribution in [0.5, 0.6) is 0 Å². The standard InChI is InChI=1S/C14H18N8/c1-9-7-12(22-14(17-9)15-8-16-22)18-10(2)13-20-19-11-5-3-4-6-21(11)13/h7-8,10,18H,3-6H2,1-2H3. The summed E-state index contributed by atoms with van der Waals surface area (Å²) in [6, 6.07) is 2.00. The molecule has 8 nitrogen and oxygen atoms in total. The van der Waals surface area contributed by atoms with Gasteiger partial charge in [-0.15, -0.1) is 10.2 Å². The summed E-state index contributed by atoms with van der Waals surface area (Å²) < 4.78 is 3.94. The van der Waals surface area contributed by atoms with Gasteiger partial charge < -0.3 is 9.88 Å². The molecule has 1 N–H and O–H groups in total. The van der Waals surface area contributed by atoms with Crippen molar-refractivity contribution in [3.8, 4) is 0 Å². The molecule has 4 heterocycles. The highest BCUT2D eigenvalue weighted by molar-refractivity contribution is 5.45. The number of fused-ring (bicyclic) bond motifs is 2. The lowest BCUT2D eigenvalue weighted by Crippen LogP contribution is -2.19. The Labute approximate surface area is 127 Å². The third-order valence-corrected chi connectivity index (χ3v) is 4.02. The quantitative estimate of drug-likeness (QED) is 0.789. The molecule has 1 aliphatic heterocycles. The Bertz CT molecular complexity index is 817. The molecule has 8 heteroatoms. The smallest absolute Gasteiger partial charge is 0.254 e. The monoisotopic (exact) mass is 298 g/mol. The largest absolute Gasteiger partial charge is 0.360 e. The van der Waals surface area contributed by atoms with E-state index in [-0.39, 0.29) is 6.04 Å². The van der Waals surface area contributed by atoms with E-state index in [9.17, 15) is 0 Å². The van der Waals surface area contributed by atoms with Crippen molar-refractivity contribution in [2.24, 2.45) is 0 Å². The first-order valence-electron chi connectivity index (χ1n) is 7.58. The van der Waals surface area contributed by atoms with E-state index in [1.165, 1.54) is 19.2 Å². The van der Waals surface area contributed by atoms with Gasteiger partial charge in [-0.3, -0.25) is 0 Å². The summed E-state index contributed by atoms with van der Waals surface area (Å²) in [5.74, 6) is 3.52. The lowest BCUT2D eigenvalue weighted by molar-refractivity contribution is 0.500. The molecule has 4 rings (SSSR count). The third kappa shape index (κ3) is 2.11. The molecule has 0 amide bonds. The predicted molar refractivity (Wildman–Crippen MR) is 80.5 cm³/mol. The number of nitrogens with zero attached hydrogens (tertiary/aromatic N) is 7. The number of rotatable bonds is 3. The van der Waals surface area contributed by atoms with E-state index in [1.54, 1.807) is 4.52 Å². The molecule has 22 heavy (non-hydrogen) atoms. The number of aryl methyl sites for hydroxylation is 2. The fraction of sp³-hybridized carbons (Fsp3) is 0.500. The van der Waals surface area contributed by atoms with Gasteiger partial charge in [0.1, 0.15) is 18.0 Å². The fourth-order valence-electron chi connectivity index (χ4n) is 2.97. The SMILES string of the molecule is Cc1cc(NC(C)c2nnc3n2CCCC3)n2ncnc2n1. The maximum Gasteiger partial charge on any atom is 0.254 e. The maximum atomic E-state index is 4.37. The van der Waals surface area contributed by atoms with Crippen LogP contribution in [-0.2, 0) is 13.0 Å². The Morgan fingerprint density at radius 2 is 2.18 bits per heavy atom. The van der Waals surface area contributed by atoms with Crippen molar-refractivity contribution in [2.45, 2.75) is 45.7 Å². The summed E-state index contributed by atoms with van der Waals surface area (Å²) in [7, 11) is 0. The first-order chi connectivity index (χ1) is 10.7. The van der Waals surface area contributed by atoms with Crippen molar-refractivity contribution in [1.82, 2.24) is 34.3 Å². The Balaban J connectivity index is 1.67. The van der Waals surface area contributed by atoms with Crippen LogP contribution in [0.2, 0.25) is 0 Å². The number of hydrogen-bond acceptors (Lipinski definition) is 6. The molecular weight excluding hydrogens is 280 g/mol. The Morgan fingerprint density at radius 1 is 1.27 bits per heavy atom. The van der Waals surface area contributed by atoms with Crippen LogP contribution >= 0.6 is 0 Å². The van der Waals surface area contributed by atoms with Crippen LogP contribution in [0.25, 0.3) is 5.78 Å². The van der Waals surface area contributed by atoms with Crippen LogP contribution in [0, 0.1) is 6.92 Å². The zero-order valence-electron chi connectivity index (χ0n) is 12.7. The highest BCUT2D eigenvalue weighted by atomic mass is 15.4. The Morgan fingerprint density at radius 3 is 3.09 bits per heavy atom. The van der Waals surface area contributed by atoms with Crippen molar-refractivity contribution in [3.63, 3.8) is 0 Å². The molecule has 0 fully saturated rings. The molecule has 1 unspecified atom stereocenters. The average molecular weight is 298 g/mol. The van der Waals surface area contributed by atoms with Gasteiger partial charge in [0.15, 0.2) is 5.82 Å². The molecule has 0 saturated carbocycles. The van der Waals surface area contributed by atoms with Crippen LogP contribution in [-0.4, -0.2) is 34.3 Å². The van der Waals surface area contributed by atoms with Crippen molar-refractivity contribution in [2.75, 3.05) is 5.32 Å². The molecule has 114 valence electrons. The maximum absolute atomic E-state index is 4.37. The van der Waals surface area contributed by atoms with Crippen LogP contribution in [0.1, 0.15) is 43.1 Å². The van der Waals surface area contributed by atoms with Gasteiger partial charge in [-0.1, -0.05) is 0 Å². The molecule has 0 saturated heterocycles. The summed E-state index contributed by atoms with van der Waals surface area (Å²) in [6.45, 7) is 5.03. The topological polar surface area (TPSA) is 85.8 Å². The number of nitrogens with one attached hydrogen (secondary N) is 1. The summed E-state index contributed by atoms with van der Waals surface area (Å²) in [5, 5.41) is 16.4. The first kappa shape index (κ1) is 13.2. The number of aromatic nitrogens is 7. The summed E-state index contributed by atoms with van der Waals surface area (Å²) in [4.78, 5) is 8.50. The van der Waals surface area contributed by atoms with E-state index in [0.717, 1.165) is 36.1 Å².